The number of hydrogen-bond donors (Lipinski definition) is 0. The zero-order chi connectivity index (χ0) is 37.3. The third-order valence-electron chi connectivity index (χ3n) is 11.5. The number of anilines is 4. The number of hydrogen-bond acceptors (Lipinski definition) is 2. The molecule has 8 aromatic carbocycles. The monoisotopic (exact) mass is 718 g/mol. The Labute approximate surface area is 329 Å². The lowest BCUT2D eigenvalue weighted by molar-refractivity contribution is 0.723. The van der Waals surface area contributed by atoms with Crippen molar-refractivity contribution in [1.29, 1.82) is 0 Å². The molecule has 56 heavy (non-hydrogen) atoms. The van der Waals surface area contributed by atoms with Crippen molar-refractivity contribution < 1.29 is 0 Å². The maximum Gasteiger partial charge on any atom is 0.0556 e. The molecule has 2 nitrogen and oxygen atoms in total. The van der Waals surface area contributed by atoms with Gasteiger partial charge in [0.2, 0.25) is 0 Å². The molecule has 0 aliphatic heterocycles. The third-order valence-corrected chi connectivity index (χ3v) is 11.5. The lowest BCUT2D eigenvalue weighted by Gasteiger charge is -2.35. The fourth-order valence-corrected chi connectivity index (χ4v) is 8.82. The molecule has 0 spiro atoms. The highest BCUT2D eigenvalue weighted by Crippen LogP contribution is 2.43. The van der Waals surface area contributed by atoms with Crippen LogP contribution in [0.1, 0.15) is 24.8 Å². The highest BCUT2D eigenvalue weighted by molar-refractivity contribution is 6.23. The van der Waals surface area contributed by atoms with Gasteiger partial charge in [-0.15, -0.1) is 0 Å². The van der Waals surface area contributed by atoms with Crippen molar-refractivity contribution >= 4 is 60.6 Å². The lowest BCUT2D eigenvalue weighted by Crippen LogP contribution is -2.34. The molecule has 10 rings (SSSR count). The minimum Gasteiger partial charge on any atom is -0.338 e. The van der Waals surface area contributed by atoms with Crippen LogP contribution in [0.2, 0.25) is 0 Å². The predicted octanol–water partition coefficient (Wildman–Crippen LogP) is 14.7. The minimum atomic E-state index is 0.313. The van der Waals surface area contributed by atoms with Crippen LogP contribution >= 0.6 is 0 Å². The molecule has 8 aromatic rings. The first kappa shape index (κ1) is 33.7. The predicted molar refractivity (Wildman–Crippen MR) is 240 cm³/mol. The van der Waals surface area contributed by atoms with E-state index < -0.39 is 0 Å². The lowest BCUT2D eigenvalue weighted by atomic mass is 9.85. The smallest absolute Gasteiger partial charge is 0.0556 e. The van der Waals surface area contributed by atoms with Crippen LogP contribution < -0.4 is 9.80 Å². The molecule has 2 aliphatic carbocycles. The summed E-state index contributed by atoms with van der Waals surface area (Å²) in [4.78, 5) is 4.85. The molecule has 0 N–H and O–H groups in total. The number of rotatable bonds is 8. The van der Waals surface area contributed by atoms with Gasteiger partial charge in [-0.3, -0.25) is 0 Å². The van der Waals surface area contributed by atoms with Crippen LogP contribution in [0.15, 0.2) is 218 Å². The van der Waals surface area contributed by atoms with Crippen LogP contribution in [-0.4, -0.2) is 6.04 Å². The second kappa shape index (κ2) is 14.7. The van der Waals surface area contributed by atoms with Gasteiger partial charge in [0.25, 0.3) is 0 Å². The SMILES string of the molecule is C1=CCC(N(C2=CC=C(c3cc4c5ccccc5c(-c5ccc(N(c6ccccc6)c6ccccc6)cc5)cc4c4ccccc34)CC2)c2ccccc2)C=C1. The average molecular weight is 719 g/mol. The van der Waals surface area contributed by atoms with Crippen molar-refractivity contribution in [1.82, 2.24) is 0 Å². The summed E-state index contributed by atoms with van der Waals surface area (Å²) in [6.07, 6.45) is 16.7. The third kappa shape index (κ3) is 6.20. The summed E-state index contributed by atoms with van der Waals surface area (Å²) in [5.41, 5.74) is 11.2. The van der Waals surface area contributed by atoms with Gasteiger partial charge in [0, 0.05) is 28.4 Å². The van der Waals surface area contributed by atoms with Gasteiger partial charge in [-0.25, -0.2) is 0 Å². The number of fused-ring (bicyclic) bond motifs is 5. The van der Waals surface area contributed by atoms with Crippen LogP contribution in [0.25, 0.3) is 49.0 Å². The molecule has 0 saturated heterocycles. The van der Waals surface area contributed by atoms with Crippen molar-refractivity contribution in [3.63, 3.8) is 0 Å². The quantitative estimate of drug-likeness (QED) is 0.144. The Morgan fingerprint density at radius 2 is 0.929 bits per heavy atom. The summed E-state index contributed by atoms with van der Waals surface area (Å²) < 4.78 is 0. The highest BCUT2D eigenvalue weighted by atomic mass is 15.2. The van der Waals surface area contributed by atoms with Gasteiger partial charge < -0.3 is 9.80 Å². The molecular formula is C54H42N2. The van der Waals surface area contributed by atoms with Crippen LogP contribution in [-0.2, 0) is 0 Å². The van der Waals surface area contributed by atoms with Gasteiger partial charge in [0.15, 0.2) is 0 Å². The first-order chi connectivity index (χ1) is 27.8. The molecule has 1 unspecified atom stereocenters. The molecule has 2 heteroatoms. The van der Waals surface area contributed by atoms with E-state index in [1.165, 1.54) is 66.0 Å². The Morgan fingerprint density at radius 1 is 0.411 bits per heavy atom. The van der Waals surface area contributed by atoms with Crippen molar-refractivity contribution in [2.24, 2.45) is 0 Å². The summed E-state index contributed by atoms with van der Waals surface area (Å²) in [5, 5.41) is 7.74. The van der Waals surface area contributed by atoms with E-state index in [0.717, 1.165) is 36.3 Å². The Morgan fingerprint density at radius 3 is 1.48 bits per heavy atom. The van der Waals surface area contributed by atoms with E-state index in [1.54, 1.807) is 0 Å². The van der Waals surface area contributed by atoms with Crippen molar-refractivity contribution in [3.8, 4) is 11.1 Å². The number of allylic oxidation sites excluding steroid dienone is 6. The Kier molecular flexibility index (Phi) is 8.85. The summed E-state index contributed by atoms with van der Waals surface area (Å²) in [6.45, 7) is 0. The molecule has 0 bridgehead atoms. The van der Waals surface area contributed by atoms with Gasteiger partial charge in [0.05, 0.1) is 6.04 Å². The van der Waals surface area contributed by atoms with Crippen LogP contribution in [0.3, 0.4) is 0 Å². The van der Waals surface area contributed by atoms with Crippen LogP contribution in [0.4, 0.5) is 22.7 Å². The molecule has 0 saturated carbocycles. The van der Waals surface area contributed by atoms with Crippen molar-refractivity contribution in [2.75, 3.05) is 9.80 Å². The van der Waals surface area contributed by atoms with E-state index in [9.17, 15) is 0 Å². The molecular weight excluding hydrogens is 677 g/mol. The number of benzene rings is 8. The topological polar surface area (TPSA) is 6.48 Å². The first-order valence-corrected chi connectivity index (χ1v) is 19.8. The summed E-state index contributed by atoms with van der Waals surface area (Å²) in [6, 6.07) is 64.3. The second-order valence-electron chi connectivity index (χ2n) is 14.8. The van der Waals surface area contributed by atoms with Gasteiger partial charge in [-0.2, -0.15) is 0 Å². The number of nitrogens with zero attached hydrogens (tertiary/aromatic N) is 2. The summed E-state index contributed by atoms with van der Waals surface area (Å²) >= 11 is 0. The molecule has 0 radical (unpaired) electrons. The van der Waals surface area contributed by atoms with E-state index in [2.05, 4.69) is 222 Å². The van der Waals surface area contributed by atoms with E-state index >= 15 is 0 Å². The zero-order valence-electron chi connectivity index (χ0n) is 31.3. The zero-order valence-corrected chi connectivity index (χ0v) is 31.3. The highest BCUT2D eigenvalue weighted by Gasteiger charge is 2.24. The number of para-hydroxylation sites is 3. The fourth-order valence-electron chi connectivity index (χ4n) is 8.82. The second-order valence-corrected chi connectivity index (χ2v) is 14.8. The first-order valence-electron chi connectivity index (χ1n) is 19.8. The molecule has 0 heterocycles. The molecule has 268 valence electrons. The van der Waals surface area contributed by atoms with E-state index in [4.69, 9.17) is 0 Å². The molecule has 1 atom stereocenters. The Hall–Kier alpha value is -6.90. The maximum atomic E-state index is 2.54. The van der Waals surface area contributed by atoms with Crippen LogP contribution in [0, 0.1) is 0 Å². The summed E-state index contributed by atoms with van der Waals surface area (Å²) in [5.74, 6) is 0. The van der Waals surface area contributed by atoms with E-state index in [-0.39, 0.29) is 0 Å². The van der Waals surface area contributed by atoms with Gasteiger partial charge in [-0.05, 0) is 141 Å². The van der Waals surface area contributed by atoms with E-state index in [1.807, 2.05) is 0 Å². The normalized spacial score (nSPS) is 15.2. The molecule has 0 aromatic heterocycles. The Bertz CT molecular complexity index is 2770. The van der Waals surface area contributed by atoms with E-state index in [0.29, 0.717) is 6.04 Å². The minimum absolute atomic E-state index is 0.313. The van der Waals surface area contributed by atoms with Crippen LogP contribution in [0.5, 0.6) is 0 Å². The largest absolute Gasteiger partial charge is 0.338 e. The summed E-state index contributed by atoms with van der Waals surface area (Å²) in [7, 11) is 0. The Balaban J connectivity index is 1.07. The fraction of sp³-hybridized carbons (Fsp3) is 0.0741. The average Bonchev–Trinajstić information content (AvgIpc) is 3.28. The van der Waals surface area contributed by atoms with Gasteiger partial charge in [-0.1, -0.05) is 146 Å². The van der Waals surface area contributed by atoms with Gasteiger partial charge >= 0.3 is 0 Å². The van der Waals surface area contributed by atoms with Crippen molar-refractivity contribution in [3.05, 3.63) is 224 Å². The van der Waals surface area contributed by atoms with Crippen molar-refractivity contribution in [2.45, 2.75) is 25.3 Å². The molecule has 0 amide bonds. The standard InChI is InChI=1S/C54H42N2/c1-5-17-41(18-6-1)55(42-19-7-2-8-20-42)45-33-29-39(30-34-45)51-37-53-50-28-16-14-26-48(50)52(38-54(53)49-27-15-13-25-47(49)51)40-31-35-46(36-32-40)56(43-21-9-3-10-22-43)44-23-11-4-12-24-44/h1-23,25-31,33-35,37-38,44H,24,32,36H2. The maximum absolute atomic E-state index is 2.54. The van der Waals surface area contributed by atoms with Gasteiger partial charge in [0.1, 0.15) is 0 Å². The molecule has 2 aliphatic rings. The molecule has 0 fully saturated rings.